The number of hydrogen-bond donors (Lipinski definition) is 1. The Morgan fingerprint density at radius 2 is 1.87 bits per heavy atom. The van der Waals surface area contributed by atoms with Gasteiger partial charge in [0.05, 0.1) is 5.71 Å². The number of piperidine rings is 1. The first kappa shape index (κ1) is 21.9. The second-order valence-corrected chi connectivity index (χ2v) is 9.62. The number of amides is 1. The van der Waals surface area contributed by atoms with Crippen molar-refractivity contribution in [2.24, 2.45) is 12.2 Å². The minimum absolute atomic E-state index is 0.00977. The summed E-state index contributed by atoms with van der Waals surface area (Å²) in [4.78, 5) is 18.5. The van der Waals surface area contributed by atoms with Crippen LogP contribution in [0.2, 0.25) is 0 Å². The number of fused-ring (bicyclic) bond motifs is 1. The van der Waals surface area contributed by atoms with Crippen molar-refractivity contribution in [2.75, 3.05) is 32.7 Å². The summed E-state index contributed by atoms with van der Waals surface area (Å²) in [6, 6.07) is 8.61. The minimum Gasteiger partial charge on any atom is -0.411 e. The van der Waals surface area contributed by atoms with Crippen molar-refractivity contribution in [2.45, 2.75) is 35.8 Å². The third kappa shape index (κ3) is 5.13. The fourth-order valence-electron chi connectivity index (χ4n) is 4.41. The first-order chi connectivity index (χ1) is 15.0. The van der Waals surface area contributed by atoms with Crippen LogP contribution in [0.3, 0.4) is 0 Å². The molecule has 0 unspecified atom stereocenters. The molecule has 166 valence electrons. The molecule has 0 aliphatic carbocycles. The lowest BCUT2D eigenvalue weighted by atomic mass is 10.1. The number of carbonyl (C=O) groups excluding carboxylic acids is 1. The number of thioether (sulfide) groups is 1. The number of nitrogens with zero attached hydrogens (tertiary/aromatic N) is 4. The Hall–Kier alpha value is -2.32. The second kappa shape index (κ2) is 9.87. The van der Waals surface area contributed by atoms with Gasteiger partial charge in [-0.2, -0.15) is 0 Å². The van der Waals surface area contributed by atoms with Gasteiger partial charge in [0, 0.05) is 48.5 Å². The van der Waals surface area contributed by atoms with E-state index in [1.165, 1.54) is 12.1 Å². The summed E-state index contributed by atoms with van der Waals surface area (Å²) in [7, 11) is 1.85. The largest absolute Gasteiger partial charge is 0.411 e. The van der Waals surface area contributed by atoms with Gasteiger partial charge in [0.15, 0.2) is 0 Å². The van der Waals surface area contributed by atoms with E-state index in [0.29, 0.717) is 36.2 Å². The standard InChI is InChI=1S/C23H29FN4O2S/c1-26-13-9-20-21(25-30)10-16-28(23(29)22(20)26)12-2-11-27-14-7-19(8-15-27)31-18-5-3-17(24)4-6-18/h3-6,9,13,19,30H,2,7-8,10-12,14-16H2,1H3/b25-21-. The molecule has 1 amide bonds. The van der Waals surface area contributed by atoms with Crippen molar-refractivity contribution in [3.63, 3.8) is 0 Å². The van der Waals surface area contributed by atoms with Crippen LogP contribution in [0.1, 0.15) is 41.7 Å². The lowest BCUT2D eigenvalue weighted by molar-refractivity contribution is 0.0744. The van der Waals surface area contributed by atoms with E-state index in [9.17, 15) is 14.4 Å². The van der Waals surface area contributed by atoms with E-state index in [1.807, 2.05) is 52.7 Å². The number of carbonyl (C=O) groups is 1. The summed E-state index contributed by atoms with van der Waals surface area (Å²) in [5, 5.41) is 13.3. The van der Waals surface area contributed by atoms with Gasteiger partial charge < -0.3 is 19.6 Å². The topological polar surface area (TPSA) is 61.1 Å². The van der Waals surface area contributed by atoms with Crippen LogP contribution in [-0.2, 0) is 7.05 Å². The number of oxime groups is 1. The van der Waals surface area contributed by atoms with Gasteiger partial charge in [-0.15, -0.1) is 11.8 Å². The molecule has 8 heteroatoms. The van der Waals surface area contributed by atoms with Crippen LogP contribution in [-0.4, -0.2) is 69.2 Å². The quantitative estimate of drug-likeness (QED) is 0.543. The SMILES string of the molecule is Cn1ccc2c1C(=O)N(CCCN1CCC(Sc3ccc(F)cc3)CC1)CC/C2=N/O. The molecule has 2 aliphatic rings. The molecule has 1 fully saturated rings. The van der Waals surface area contributed by atoms with E-state index in [0.717, 1.165) is 49.4 Å². The normalized spacial score (nSPS) is 19.6. The molecule has 1 N–H and O–H groups in total. The number of rotatable bonds is 6. The molecule has 0 radical (unpaired) electrons. The van der Waals surface area contributed by atoms with Gasteiger partial charge in [-0.1, -0.05) is 5.16 Å². The van der Waals surface area contributed by atoms with Gasteiger partial charge in [-0.3, -0.25) is 4.79 Å². The Labute approximate surface area is 186 Å². The molecule has 3 heterocycles. The van der Waals surface area contributed by atoms with Crippen LogP contribution in [0.15, 0.2) is 46.6 Å². The van der Waals surface area contributed by atoms with Crippen molar-refractivity contribution in [3.05, 3.63) is 53.6 Å². The fraction of sp³-hybridized carbons (Fsp3) is 0.478. The lowest BCUT2D eigenvalue weighted by Crippen LogP contribution is -2.38. The monoisotopic (exact) mass is 444 g/mol. The number of hydrogen-bond acceptors (Lipinski definition) is 5. The molecule has 2 aromatic rings. The lowest BCUT2D eigenvalue weighted by Gasteiger charge is -2.32. The van der Waals surface area contributed by atoms with Crippen molar-refractivity contribution >= 4 is 23.4 Å². The third-order valence-electron chi connectivity index (χ3n) is 6.17. The number of likely N-dealkylation sites (tertiary alicyclic amines) is 1. The Morgan fingerprint density at radius 3 is 2.58 bits per heavy atom. The first-order valence-corrected chi connectivity index (χ1v) is 11.7. The Balaban J connectivity index is 1.24. The summed E-state index contributed by atoms with van der Waals surface area (Å²) in [6.07, 6.45) is 5.56. The van der Waals surface area contributed by atoms with Crippen LogP contribution in [0, 0.1) is 5.82 Å². The number of aryl methyl sites for hydroxylation is 1. The Bertz CT molecular complexity index is 936. The molecule has 31 heavy (non-hydrogen) atoms. The molecular weight excluding hydrogens is 415 g/mol. The van der Waals surface area contributed by atoms with E-state index in [2.05, 4.69) is 10.1 Å². The number of aromatic nitrogens is 1. The summed E-state index contributed by atoms with van der Waals surface area (Å²) in [6.45, 7) is 4.35. The molecule has 0 bridgehead atoms. The van der Waals surface area contributed by atoms with Crippen molar-refractivity contribution in [1.82, 2.24) is 14.4 Å². The number of benzene rings is 1. The predicted octanol–water partition coefficient (Wildman–Crippen LogP) is 3.84. The summed E-state index contributed by atoms with van der Waals surface area (Å²) >= 11 is 1.84. The Kier molecular flexibility index (Phi) is 6.97. The maximum atomic E-state index is 13.1. The van der Waals surface area contributed by atoms with Gasteiger partial charge in [-0.05, 0) is 69.2 Å². The molecule has 2 aliphatic heterocycles. The summed E-state index contributed by atoms with van der Waals surface area (Å²) < 4.78 is 14.9. The van der Waals surface area contributed by atoms with Crippen LogP contribution in [0.5, 0.6) is 0 Å². The van der Waals surface area contributed by atoms with Crippen molar-refractivity contribution in [1.29, 1.82) is 0 Å². The predicted molar refractivity (Wildman–Crippen MR) is 121 cm³/mol. The van der Waals surface area contributed by atoms with Gasteiger partial charge in [-0.25, -0.2) is 4.39 Å². The second-order valence-electron chi connectivity index (χ2n) is 8.24. The van der Waals surface area contributed by atoms with Gasteiger partial charge in [0.25, 0.3) is 5.91 Å². The molecule has 0 atom stereocenters. The van der Waals surface area contributed by atoms with Crippen LogP contribution in [0.4, 0.5) is 4.39 Å². The Morgan fingerprint density at radius 1 is 1.13 bits per heavy atom. The highest BCUT2D eigenvalue weighted by Crippen LogP contribution is 2.30. The highest BCUT2D eigenvalue weighted by Gasteiger charge is 2.28. The van der Waals surface area contributed by atoms with E-state index in [4.69, 9.17) is 0 Å². The van der Waals surface area contributed by atoms with Crippen molar-refractivity contribution < 1.29 is 14.4 Å². The third-order valence-corrected chi connectivity index (χ3v) is 7.51. The molecule has 1 saturated heterocycles. The fourth-order valence-corrected chi connectivity index (χ4v) is 5.54. The van der Waals surface area contributed by atoms with E-state index < -0.39 is 0 Å². The zero-order valence-corrected chi connectivity index (χ0v) is 18.7. The molecular formula is C23H29FN4O2S. The molecule has 0 saturated carbocycles. The van der Waals surface area contributed by atoms with Gasteiger partial charge >= 0.3 is 0 Å². The van der Waals surface area contributed by atoms with E-state index in [1.54, 1.807) is 0 Å². The average molecular weight is 445 g/mol. The minimum atomic E-state index is -0.190. The first-order valence-electron chi connectivity index (χ1n) is 10.9. The zero-order valence-electron chi connectivity index (χ0n) is 17.8. The van der Waals surface area contributed by atoms with Crippen LogP contribution >= 0.6 is 11.8 Å². The van der Waals surface area contributed by atoms with Crippen LogP contribution < -0.4 is 0 Å². The highest BCUT2D eigenvalue weighted by atomic mass is 32.2. The van der Waals surface area contributed by atoms with Gasteiger partial charge in [0.1, 0.15) is 11.5 Å². The number of halogens is 1. The molecule has 0 spiro atoms. The molecule has 1 aromatic heterocycles. The van der Waals surface area contributed by atoms with Crippen molar-refractivity contribution in [3.8, 4) is 0 Å². The smallest absolute Gasteiger partial charge is 0.271 e. The highest BCUT2D eigenvalue weighted by molar-refractivity contribution is 8.00. The van der Waals surface area contributed by atoms with E-state index >= 15 is 0 Å². The molecule has 4 rings (SSSR count). The van der Waals surface area contributed by atoms with Crippen LogP contribution in [0.25, 0.3) is 0 Å². The summed E-state index contributed by atoms with van der Waals surface area (Å²) in [5.41, 5.74) is 1.91. The maximum absolute atomic E-state index is 13.1. The molecule has 1 aromatic carbocycles. The van der Waals surface area contributed by atoms with Gasteiger partial charge in [0.2, 0.25) is 0 Å². The van der Waals surface area contributed by atoms with E-state index in [-0.39, 0.29) is 11.7 Å². The summed E-state index contributed by atoms with van der Waals surface area (Å²) in [5.74, 6) is -0.180. The molecule has 6 nitrogen and oxygen atoms in total. The maximum Gasteiger partial charge on any atom is 0.271 e. The zero-order chi connectivity index (χ0) is 21.8. The average Bonchev–Trinajstić information content (AvgIpc) is 3.10.